The van der Waals surface area contributed by atoms with E-state index in [0.29, 0.717) is 24.3 Å². The normalized spacial score (nSPS) is 13.9. The highest BCUT2D eigenvalue weighted by molar-refractivity contribution is 6.07. The lowest BCUT2D eigenvalue weighted by Gasteiger charge is -2.29. The van der Waals surface area contributed by atoms with Crippen molar-refractivity contribution in [3.05, 3.63) is 65.4 Å². The van der Waals surface area contributed by atoms with E-state index >= 15 is 0 Å². The summed E-state index contributed by atoms with van der Waals surface area (Å²) < 4.78 is 15.4. The molecule has 3 aromatic rings. The third-order valence-corrected chi connectivity index (χ3v) is 4.70. The third kappa shape index (κ3) is 2.69. The van der Waals surface area contributed by atoms with Crippen LogP contribution in [0, 0.1) is 5.82 Å². The summed E-state index contributed by atoms with van der Waals surface area (Å²) in [5, 5.41) is 0. The molecule has 0 bridgehead atoms. The zero-order valence-corrected chi connectivity index (χ0v) is 14.2. The number of amides is 1. The van der Waals surface area contributed by atoms with Crippen molar-refractivity contribution in [1.82, 2.24) is 9.38 Å². The van der Waals surface area contributed by atoms with Crippen molar-refractivity contribution in [2.24, 2.45) is 0 Å². The molecule has 0 unspecified atom stereocenters. The SMILES string of the molecule is CCCc1nc2ccc(F)cn2c1C(=O)N1CCCc2ccccc21. The number of benzene rings is 1. The number of para-hydroxylation sites is 1. The van der Waals surface area contributed by atoms with Gasteiger partial charge in [-0.25, -0.2) is 9.37 Å². The van der Waals surface area contributed by atoms with Gasteiger partial charge >= 0.3 is 0 Å². The second-order valence-corrected chi connectivity index (χ2v) is 6.42. The number of fused-ring (bicyclic) bond motifs is 2. The number of carbonyl (C=O) groups excluding carboxylic acids is 1. The van der Waals surface area contributed by atoms with Crippen molar-refractivity contribution in [2.75, 3.05) is 11.4 Å². The van der Waals surface area contributed by atoms with Crippen molar-refractivity contribution < 1.29 is 9.18 Å². The fourth-order valence-corrected chi connectivity index (χ4v) is 3.58. The number of anilines is 1. The highest BCUT2D eigenvalue weighted by Crippen LogP contribution is 2.29. The van der Waals surface area contributed by atoms with Crippen LogP contribution in [-0.4, -0.2) is 21.8 Å². The molecular formula is C20H20FN3O. The zero-order valence-electron chi connectivity index (χ0n) is 14.2. The van der Waals surface area contributed by atoms with Crippen molar-refractivity contribution in [2.45, 2.75) is 32.6 Å². The first-order valence-electron chi connectivity index (χ1n) is 8.75. The lowest BCUT2D eigenvalue weighted by atomic mass is 10.0. The van der Waals surface area contributed by atoms with Gasteiger partial charge < -0.3 is 4.90 Å². The number of nitrogens with zero attached hydrogens (tertiary/aromatic N) is 3. The molecule has 1 amide bonds. The number of carbonyl (C=O) groups is 1. The fraction of sp³-hybridized carbons (Fsp3) is 0.300. The van der Waals surface area contributed by atoms with Crippen LogP contribution in [0.25, 0.3) is 5.65 Å². The first kappa shape index (κ1) is 15.8. The summed E-state index contributed by atoms with van der Waals surface area (Å²) in [7, 11) is 0. The van der Waals surface area contributed by atoms with E-state index in [1.807, 2.05) is 23.1 Å². The number of halogens is 1. The Hall–Kier alpha value is -2.69. The molecule has 4 nitrogen and oxygen atoms in total. The van der Waals surface area contributed by atoms with Crippen molar-refractivity contribution in [1.29, 1.82) is 0 Å². The first-order chi connectivity index (χ1) is 12.2. The molecule has 1 aliphatic rings. The van der Waals surface area contributed by atoms with Crippen LogP contribution < -0.4 is 4.90 Å². The van der Waals surface area contributed by atoms with Gasteiger partial charge in [-0.15, -0.1) is 0 Å². The van der Waals surface area contributed by atoms with Gasteiger partial charge in [0.2, 0.25) is 0 Å². The lowest BCUT2D eigenvalue weighted by molar-refractivity contribution is 0.0978. The highest BCUT2D eigenvalue weighted by atomic mass is 19.1. The number of rotatable bonds is 3. The number of aromatic nitrogens is 2. The highest BCUT2D eigenvalue weighted by Gasteiger charge is 2.28. The zero-order chi connectivity index (χ0) is 17.4. The Bertz CT molecular complexity index is 947. The minimum Gasteiger partial charge on any atom is -0.307 e. The standard InChI is InChI=1S/C20H20FN3O/c1-2-6-16-19(24-13-15(21)10-11-18(24)22-16)20(25)23-12-5-8-14-7-3-4-9-17(14)23/h3-4,7,9-11,13H,2,5-6,8,12H2,1H3. The molecular weight excluding hydrogens is 317 g/mol. The summed E-state index contributed by atoms with van der Waals surface area (Å²) in [6.45, 7) is 2.72. The number of hydrogen-bond donors (Lipinski definition) is 0. The van der Waals surface area contributed by atoms with Crippen LogP contribution >= 0.6 is 0 Å². The van der Waals surface area contributed by atoms with Crippen LogP contribution in [0.5, 0.6) is 0 Å². The van der Waals surface area contributed by atoms with Gasteiger partial charge in [-0.2, -0.15) is 0 Å². The molecule has 0 spiro atoms. The van der Waals surface area contributed by atoms with Crippen molar-refractivity contribution >= 4 is 17.2 Å². The molecule has 0 saturated carbocycles. The van der Waals surface area contributed by atoms with E-state index in [1.54, 1.807) is 10.5 Å². The summed E-state index contributed by atoms with van der Waals surface area (Å²) in [4.78, 5) is 19.8. The molecule has 0 N–H and O–H groups in total. The Kier molecular flexibility index (Phi) is 3.99. The first-order valence-corrected chi connectivity index (χ1v) is 8.75. The summed E-state index contributed by atoms with van der Waals surface area (Å²) in [5.41, 5.74) is 3.96. The third-order valence-electron chi connectivity index (χ3n) is 4.70. The summed E-state index contributed by atoms with van der Waals surface area (Å²) in [5.74, 6) is -0.477. The quantitative estimate of drug-likeness (QED) is 0.724. The molecule has 5 heteroatoms. The molecule has 2 aromatic heterocycles. The number of aryl methyl sites for hydroxylation is 2. The Labute approximate surface area is 145 Å². The minimum atomic E-state index is -0.374. The molecule has 1 aromatic carbocycles. The molecule has 1 aliphatic heterocycles. The molecule has 3 heterocycles. The molecule has 25 heavy (non-hydrogen) atoms. The van der Waals surface area contributed by atoms with E-state index in [0.717, 1.165) is 30.6 Å². The predicted molar refractivity (Wildman–Crippen MR) is 95.6 cm³/mol. The molecule has 0 aliphatic carbocycles. The average Bonchev–Trinajstić information content (AvgIpc) is 2.98. The maximum Gasteiger partial charge on any atom is 0.277 e. The molecule has 0 atom stereocenters. The van der Waals surface area contributed by atoms with Gasteiger partial charge in [0.05, 0.1) is 5.69 Å². The predicted octanol–water partition coefficient (Wildman–Crippen LogP) is 4.02. The van der Waals surface area contributed by atoms with E-state index in [-0.39, 0.29) is 11.7 Å². The van der Waals surface area contributed by atoms with Crippen LogP contribution in [0.2, 0.25) is 0 Å². The van der Waals surface area contributed by atoms with Crippen LogP contribution in [0.3, 0.4) is 0 Å². The van der Waals surface area contributed by atoms with Crippen LogP contribution in [-0.2, 0) is 12.8 Å². The van der Waals surface area contributed by atoms with Gasteiger partial charge in [-0.3, -0.25) is 9.20 Å². The summed E-state index contributed by atoms with van der Waals surface area (Å²) in [6, 6.07) is 11.0. The fourth-order valence-electron chi connectivity index (χ4n) is 3.58. The number of hydrogen-bond acceptors (Lipinski definition) is 2. The second-order valence-electron chi connectivity index (χ2n) is 6.42. The number of pyridine rings is 1. The van der Waals surface area contributed by atoms with Gasteiger partial charge in [-0.05, 0) is 43.0 Å². The molecule has 128 valence electrons. The van der Waals surface area contributed by atoms with Gasteiger partial charge in [0.1, 0.15) is 17.2 Å². The molecule has 0 saturated heterocycles. The van der Waals surface area contributed by atoms with Crippen LogP contribution in [0.1, 0.15) is 41.5 Å². The van der Waals surface area contributed by atoms with E-state index in [2.05, 4.69) is 18.0 Å². The largest absolute Gasteiger partial charge is 0.307 e. The Morgan fingerprint density at radius 2 is 2.08 bits per heavy atom. The molecule has 0 fully saturated rings. The Morgan fingerprint density at radius 3 is 2.92 bits per heavy atom. The monoisotopic (exact) mass is 337 g/mol. The van der Waals surface area contributed by atoms with Gasteiger partial charge in [0.25, 0.3) is 5.91 Å². The van der Waals surface area contributed by atoms with Crippen LogP contribution in [0.4, 0.5) is 10.1 Å². The molecule has 0 radical (unpaired) electrons. The van der Waals surface area contributed by atoms with Gasteiger partial charge in [0.15, 0.2) is 0 Å². The van der Waals surface area contributed by atoms with Gasteiger partial charge in [0, 0.05) is 18.4 Å². The van der Waals surface area contributed by atoms with Crippen molar-refractivity contribution in [3.63, 3.8) is 0 Å². The molecule has 4 rings (SSSR count). The summed E-state index contributed by atoms with van der Waals surface area (Å²) >= 11 is 0. The van der Waals surface area contributed by atoms with E-state index in [9.17, 15) is 9.18 Å². The topological polar surface area (TPSA) is 37.6 Å². The smallest absolute Gasteiger partial charge is 0.277 e. The van der Waals surface area contributed by atoms with E-state index in [4.69, 9.17) is 0 Å². The van der Waals surface area contributed by atoms with Gasteiger partial charge in [-0.1, -0.05) is 31.5 Å². The Morgan fingerprint density at radius 1 is 1.24 bits per heavy atom. The average molecular weight is 337 g/mol. The summed E-state index contributed by atoms with van der Waals surface area (Å²) in [6.07, 6.45) is 4.83. The van der Waals surface area contributed by atoms with E-state index in [1.165, 1.54) is 17.8 Å². The van der Waals surface area contributed by atoms with Crippen molar-refractivity contribution in [3.8, 4) is 0 Å². The number of imidazole rings is 1. The Balaban J connectivity index is 1.85. The minimum absolute atomic E-state index is 0.103. The second kappa shape index (κ2) is 6.31. The lowest BCUT2D eigenvalue weighted by Crippen LogP contribution is -2.36. The maximum atomic E-state index is 13.8. The maximum absolute atomic E-state index is 13.8. The van der Waals surface area contributed by atoms with Crippen LogP contribution in [0.15, 0.2) is 42.6 Å². The van der Waals surface area contributed by atoms with E-state index < -0.39 is 0 Å².